The van der Waals surface area contributed by atoms with Crippen molar-refractivity contribution in [3.63, 3.8) is 0 Å². The van der Waals surface area contributed by atoms with E-state index in [1.807, 2.05) is 17.8 Å². The number of thioether (sulfide) groups is 1. The molecule has 1 rings (SSSR count). The SMILES string of the molecule is C=CCSCCNCC(O)COC1CCCC(C)C1. The Kier molecular flexibility index (Phi) is 9.61. The van der Waals surface area contributed by atoms with E-state index in [0.717, 1.165) is 36.8 Å². The summed E-state index contributed by atoms with van der Waals surface area (Å²) < 4.78 is 5.80. The third kappa shape index (κ3) is 8.69. The lowest BCUT2D eigenvalue weighted by Gasteiger charge is -2.27. The van der Waals surface area contributed by atoms with Crippen molar-refractivity contribution < 1.29 is 9.84 Å². The number of aliphatic hydroxyl groups is 1. The lowest BCUT2D eigenvalue weighted by Crippen LogP contribution is -2.34. The second-order valence-electron chi connectivity index (χ2n) is 5.45. The number of aliphatic hydroxyl groups excluding tert-OH is 1. The lowest BCUT2D eigenvalue weighted by molar-refractivity contribution is -0.0304. The number of nitrogens with one attached hydrogen (secondary N) is 1. The van der Waals surface area contributed by atoms with Gasteiger partial charge in [-0.05, 0) is 18.8 Å². The van der Waals surface area contributed by atoms with Crippen LogP contribution in [0.1, 0.15) is 32.6 Å². The van der Waals surface area contributed by atoms with Crippen LogP contribution in [0.25, 0.3) is 0 Å². The summed E-state index contributed by atoms with van der Waals surface area (Å²) in [6.07, 6.45) is 6.79. The Morgan fingerprint density at radius 3 is 3.11 bits per heavy atom. The number of ether oxygens (including phenoxy) is 1. The first-order chi connectivity index (χ1) is 9.22. The van der Waals surface area contributed by atoms with Crippen LogP contribution in [-0.2, 0) is 4.74 Å². The molecule has 2 N–H and O–H groups in total. The highest BCUT2D eigenvalue weighted by Crippen LogP contribution is 2.25. The molecule has 1 saturated carbocycles. The van der Waals surface area contributed by atoms with Crippen LogP contribution < -0.4 is 5.32 Å². The molecule has 3 unspecified atom stereocenters. The van der Waals surface area contributed by atoms with Gasteiger partial charge in [-0.15, -0.1) is 6.58 Å². The first-order valence-electron chi connectivity index (χ1n) is 7.41. The summed E-state index contributed by atoms with van der Waals surface area (Å²) >= 11 is 1.85. The minimum Gasteiger partial charge on any atom is -0.389 e. The van der Waals surface area contributed by atoms with E-state index >= 15 is 0 Å². The van der Waals surface area contributed by atoms with Gasteiger partial charge in [-0.3, -0.25) is 0 Å². The van der Waals surface area contributed by atoms with Crippen molar-refractivity contribution in [1.29, 1.82) is 0 Å². The Morgan fingerprint density at radius 1 is 1.53 bits per heavy atom. The average Bonchev–Trinajstić information content (AvgIpc) is 2.40. The van der Waals surface area contributed by atoms with Crippen LogP contribution in [0, 0.1) is 5.92 Å². The van der Waals surface area contributed by atoms with Crippen LogP contribution in [-0.4, -0.2) is 48.5 Å². The second-order valence-corrected chi connectivity index (χ2v) is 6.60. The van der Waals surface area contributed by atoms with Crippen molar-refractivity contribution in [1.82, 2.24) is 5.32 Å². The van der Waals surface area contributed by atoms with E-state index in [-0.39, 0.29) is 6.10 Å². The van der Waals surface area contributed by atoms with Gasteiger partial charge in [-0.25, -0.2) is 0 Å². The normalized spacial score (nSPS) is 25.2. The van der Waals surface area contributed by atoms with E-state index in [4.69, 9.17) is 4.74 Å². The van der Waals surface area contributed by atoms with E-state index in [2.05, 4.69) is 18.8 Å². The zero-order valence-corrected chi connectivity index (χ0v) is 13.0. The van der Waals surface area contributed by atoms with Crippen molar-refractivity contribution in [2.75, 3.05) is 31.2 Å². The summed E-state index contributed by atoms with van der Waals surface area (Å²) in [7, 11) is 0. The van der Waals surface area contributed by atoms with E-state index in [1.165, 1.54) is 12.8 Å². The molecule has 112 valence electrons. The van der Waals surface area contributed by atoms with Crippen LogP contribution in [0.15, 0.2) is 12.7 Å². The van der Waals surface area contributed by atoms with Gasteiger partial charge in [0.25, 0.3) is 0 Å². The molecule has 0 radical (unpaired) electrons. The van der Waals surface area contributed by atoms with Crippen molar-refractivity contribution >= 4 is 11.8 Å². The molecular formula is C15H29NO2S. The van der Waals surface area contributed by atoms with E-state index in [9.17, 15) is 5.11 Å². The fourth-order valence-electron chi connectivity index (χ4n) is 2.42. The summed E-state index contributed by atoms with van der Waals surface area (Å²) in [5.41, 5.74) is 0. The third-order valence-electron chi connectivity index (χ3n) is 3.45. The number of rotatable bonds is 10. The monoisotopic (exact) mass is 287 g/mol. The van der Waals surface area contributed by atoms with Crippen LogP contribution in [0.5, 0.6) is 0 Å². The molecule has 0 saturated heterocycles. The van der Waals surface area contributed by atoms with E-state index < -0.39 is 0 Å². The molecule has 1 aliphatic rings. The fraction of sp³-hybridized carbons (Fsp3) is 0.867. The predicted octanol–water partition coefficient (Wildman–Crippen LogP) is 2.45. The standard InChI is InChI=1S/C15H29NO2S/c1-3-8-19-9-7-16-11-14(17)12-18-15-6-4-5-13(2)10-15/h3,13-17H,1,4-12H2,2H3. The zero-order chi connectivity index (χ0) is 13.9. The maximum absolute atomic E-state index is 9.84. The molecule has 1 fully saturated rings. The van der Waals surface area contributed by atoms with Gasteiger partial charge in [0.15, 0.2) is 0 Å². The van der Waals surface area contributed by atoms with Gasteiger partial charge in [0.2, 0.25) is 0 Å². The number of hydrogen-bond donors (Lipinski definition) is 2. The van der Waals surface area contributed by atoms with Crippen molar-refractivity contribution in [3.8, 4) is 0 Å². The van der Waals surface area contributed by atoms with E-state index in [0.29, 0.717) is 19.3 Å². The molecule has 4 heteroatoms. The summed E-state index contributed by atoms with van der Waals surface area (Å²) in [6.45, 7) is 7.98. The van der Waals surface area contributed by atoms with Crippen molar-refractivity contribution in [3.05, 3.63) is 12.7 Å². The molecule has 3 atom stereocenters. The maximum Gasteiger partial charge on any atom is 0.0897 e. The van der Waals surface area contributed by atoms with Gasteiger partial charge in [0, 0.05) is 24.6 Å². The molecule has 0 heterocycles. The summed E-state index contributed by atoms with van der Waals surface area (Å²) in [4.78, 5) is 0. The van der Waals surface area contributed by atoms with Gasteiger partial charge in [0.1, 0.15) is 0 Å². The van der Waals surface area contributed by atoms with Gasteiger partial charge in [-0.2, -0.15) is 11.8 Å². The highest BCUT2D eigenvalue weighted by molar-refractivity contribution is 7.99. The molecule has 0 amide bonds. The molecule has 0 aliphatic heterocycles. The molecule has 1 aliphatic carbocycles. The van der Waals surface area contributed by atoms with E-state index in [1.54, 1.807) is 0 Å². The lowest BCUT2D eigenvalue weighted by atomic mass is 9.89. The van der Waals surface area contributed by atoms with Gasteiger partial charge in [0.05, 0.1) is 18.8 Å². The van der Waals surface area contributed by atoms with Crippen LogP contribution >= 0.6 is 11.8 Å². The Morgan fingerprint density at radius 2 is 2.37 bits per heavy atom. The minimum absolute atomic E-state index is 0.363. The third-order valence-corrected chi connectivity index (χ3v) is 4.42. The Bertz CT molecular complexity index is 238. The Balaban J connectivity index is 1.95. The Hall–Kier alpha value is -0.0300. The zero-order valence-electron chi connectivity index (χ0n) is 12.1. The smallest absolute Gasteiger partial charge is 0.0897 e. The topological polar surface area (TPSA) is 41.5 Å². The fourth-order valence-corrected chi connectivity index (χ4v) is 3.04. The summed E-state index contributed by atoms with van der Waals surface area (Å²) in [5, 5.41) is 13.1. The molecule has 19 heavy (non-hydrogen) atoms. The molecule has 0 spiro atoms. The molecule has 0 aromatic carbocycles. The summed E-state index contributed by atoms with van der Waals surface area (Å²) in [6, 6.07) is 0. The quantitative estimate of drug-likeness (QED) is 0.478. The van der Waals surface area contributed by atoms with Gasteiger partial charge >= 0.3 is 0 Å². The molecule has 0 aromatic rings. The number of hydrogen-bond acceptors (Lipinski definition) is 4. The minimum atomic E-state index is -0.387. The second kappa shape index (κ2) is 10.7. The van der Waals surface area contributed by atoms with Crippen LogP contribution in [0.3, 0.4) is 0 Å². The van der Waals surface area contributed by atoms with Crippen LogP contribution in [0.4, 0.5) is 0 Å². The molecule has 0 aromatic heterocycles. The first-order valence-corrected chi connectivity index (χ1v) is 8.57. The van der Waals surface area contributed by atoms with Crippen molar-refractivity contribution in [2.24, 2.45) is 5.92 Å². The maximum atomic E-state index is 9.84. The predicted molar refractivity (Wildman–Crippen MR) is 83.8 cm³/mol. The highest BCUT2D eigenvalue weighted by atomic mass is 32.2. The highest BCUT2D eigenvalue weighted by Gasteiger charge is 2.20. The van der Waals surface area contributed by atoms with Gasteiger partial charge < -0.3 is 15.2 Å². The molecule has 3 nitrogen and oxygen atoms in total. The van der Waals surface area contributed by atoms with Crippen molar-refractivity contribution in [2.45, 2.75) is 44.8 Å². The average molecular weight is 287 g/mol. The first kappa shape index (κ1) is 17.0. The molecular weight excluding hydrogens is 258 g/mol. The van der Waals surface area contributed by atoms with Gasteiger partial charge in [-0.1, -0.05) is 25.8 Å². The summed E-state index contributed by atoms with van der Waals surface area (Å²) in [5.74, 6) is 2.82. The largest absolute Gasteiger partial charge is 0.389 e. The molecule has 0 bridgehead atoms. The Labute approximate surface area is 122 Å². The van der Waals surface area contributed by atoms with Crippen LogP contribution in [0.2, 0.25) is 0 Å².